The zero-order valence-corrected chi connectivity index (χ0v) is 11.6. The van der Waals surface area contributed by atoms with E-state index in [0.29, 0.717) is 18.7 Å². The molecule has 0 atom stereocenters. The summed E-state index contributed by atoms with van der Waals surface area (Å²) < 4.78 is 4.92. The zero-order chi connectivity index (χ0) is 14.1. The SMILES string of the molecule is CCCOC(=O)CCNC(=O)c1ccc(CC)cc1. The third-order valence-corrected chi connectivity index (χ3v) is 2.71. The van der Waals surface area contributed by atoms with Crippen LogP contribution in [0.2, 0.25) is 0 Å². The van der Waals surface area contributed by atoms with Crippen molar-refractivity contribution in [2.75, 3.05) is 13.2 Å². The van der Waals surface area contributed by atoms with E-state index >= 15 is 0 Å². The highest BCUT2D eigenvalue weighted by Gasteiger charge is 2.06. The number of nitrogens with one attached hydrogen (secondary N) is 1. The molecule has 1 aromatic rings. The number of hydrogen-bond acceptors (Lipinski definition) is 3. The number of rotatable bonds is 7. The van der Waals surface area contributed by atoms with Gasteiger partial charge in [-0.05, 0) is 30.5 Å². The summed E-state index contributed by atoms with van der Waals surface area (Å²) in [5.74, 6) is -0.436. The molecule has 0 aromatic heterocycles. The number of hydrogen-bond donors (Lipinski definition) is 1. The predicted octanol–water partition coefficient (Wildman–Crippen LogP) is 2.32. The Labute approximate surface area is 114 Å². The fraction of sp³-hybridized carbons (Fsp3) is 0.467. The first-order valence-electron chi connectivity index (χ1n) is 6.70. The van der Waals surface area contributed by atoms with Gasteiger partial charge in [0.15, 0.2) is 0 Å². The van der Waals surface area contributed by atoms with Crippen LogP contribution in [0.25, 0.3) is 0 Å². The molecular formula is C15H21NO3. The second kappa shape index (κ2) is 8.29. The fourth-order valence-corrected chi connectivity index (χ4v) is 1.56. The van der Waals surface area contributed by atoms with Crippen LogP contribution >= 0.6 is 0 Å². The quantitative estimate of drug-likeness (QED) is 0.768. The first kappa shape index (κ1) is 15.2. The molecule has 1 amide bonds. The number of aryl methyl sites for hydroxylation is 1. The maximum Gasteiger partial charge on any atom is 0.307 e. The van der Waals surface area contributed by atoms with Crippen molar-refractivity contribution in [1.29, 1.82) is 0 Å². The van der Waals surface area contributed by atoms with E-state index in [1.54, 1.807) is 12.1 Å². The summed E-state index contributed by atoms with van der Waals surface area (Å²) in [6, 6.07) is 7.46. The maximum absolute atomic E-state index is 11.8. The molecule has 0 bridgehead atoms. The van der Waals surface area contributed by atoms with E-state index in [1.807, 2.05) is 19.1 Å². The number of carbonyl (C=O) groups is 2. The third-order valence-electron chi connectivity index (χ3n) is 2.71. The van der Waals surface area contributed by atoms with Gasteiger partial charge in [-0.15, -0.1) is 0 Å². The highest BCUT2D eigenvalue weighted by molar-refractivity contribution is 5.94. The van der Waals surface area contributed by atoms with E-state index in [4.69, 9.17) is 4.74 Å². The first-order valence-corrected chi connectivity index (χ1v) is 6.70. The molecule has 0 aliphatic heterocycles. The fourth-order valence-electron chi connectivity index (χ4n) is 1.56. The summed E-state index contributed by atoms with van der Waals surface area (Å²) in [5, 5.41) is 2.70. The number of carbonyl (C=O) groups excluding carboxylic acids is 2. The van der Waals surface area contributed by atoms with Gasteiger partial charge in [-0.3, -0.25) is 9.59 Å². The Bertz CT molecular complexity index is 412. The molecule has 0 heterocycles. The summed E-state index contributed by atoms with van der Waals surface area (Å²) in [7, 11) is 0. The highest BCUT2D eigenvalue weighted by atomic mass is 16.5. The number of benzene rings is 1. The van der Waals surface area contributed by atoms with Crippen LogP contribution < -0.4 is 5.32 Å². The molecule has 19 heavy (non-hydrogen) atoms. The second-order valence-electron chi connectivity index (χ2n) is 4.28. The third kappa shape index (κ3) is 5.55. The molecule has 4 nitrogen and oxygen atoms in total. The van der Waals surface area contributed by atoms with Crippen LogP contribution in [0.15, 0.2) is 24.3 Å². The van der Waals surface area contributed by atoms with Crippen LogP contribution in [0.3, 0.4) is 0 Å². The van der Waals surface area contributed by atoms with Gasteiger partial charge in [0.2, 0.25) is 0 Å². The highest BCUT2D eigenvalue weighted by Crippen LogP contribution is 2.04. The van der Waals surface area contributed by atoms with E-state index in [1.165, 1.54) is 5.56 Å². The topological polar surface area (TPSA) is 55.4 Å². The Morgan fingerprint density at radius 3 is 2.42 bits per heavy atom. The van der Waals surface area contributed by atoms with Crippen LogP contribution in [-0.4, -0.2) is 25.0 Å². The average molecular weight is 263 g/mol. The molecule has 0 fully saturated rings. The van der Waals surface area contributed by atoms with Crippen molar-refractivity contribution >= 4 is 11.9 Å². The molecule has 0 saturated carbocycles. The van der Waals surface area contributed by atoms with Gasteiger partial charge >= 0.3 is 5.97 Å². The Kier molecular flexibility index (Phi) is 6.64. The zero-order valence-electron chi connectivity index (χ0n) is 11.6. The summed E-state index contributed by atoms with van der Waals surface area (Å²) >= 11 is 0. The standard InChI is InChI=1S/C15H21NO3/c1-3-11-19-14(17)9-10-16-15(18)13-7-5-12(4-2)6-8-13/h5-8H,3-4,9-11H2,1-2H3,(H,16,18). The molecule has 1 aromatic carbocycles. The summed E-state index contributed by atoms with van der Waals surface area (Å²) in [6.45, 7) is 4.74. The molecule has 0 spiro atoms. The van der Waals surface area contributed by atoms with Crippen molar-refractivity contribution in [3.63, 3.8) is 0 Å². The van der Waals surface area contributed by atoms with Crippen molar-refractivity contribution < 1.29 is 14.3 Å². The molecule has 0 aliphatic carbocycles. The van der Waals surface area contributed by atoms with Gasteiger partial charge < -0.3 is 10.1 Å². The largest absolute Gasteiger partial charge is 0.466 e. The number of amides is 1. The van der Waals surface area contributed by atoms with E-state index < -0.39 is 0 Å². The van der Waals surface area contributed by atoms with E-state index in [9.17, 15) is 9.59 Å². The Balaban J connectivity index is 2.32. The minimum absolute atomic E-state index is 0.161. The normalized spacial score (nSPS) is 10.0. The van der Waals surface area contributed by atoms with Crippen molar-refractivity contribution in [2.45, 2.75) is 33.1 Å². The average Bonchev–Trinajstić information content (AvgIpc) is 2.45. The lowest BCUT2D eigenvalue weighted by Gasteiger charge is -2.06. The molecule has 104 valence electrons. The molecule has 4 heteroatoms. The molecule has 0 saturated heterocycles. The van der Waals surface area contributed by atoms with Crippen LogP contribution in [0.1, 0.15) is 42.6 Å². The minimum atomic E-state index is -0.275. The summed E-state index contributed by atoms with van der Waals surface area (Å²) in [4.78, 5) is 23.0. The molecule has 0 aliphatic rings. The predicted molar refractivity (Wildman–Crippen MR) is 74.0 cm³/mol. The van der Waals surface area contributed by atoms with Gasteiger partial charge in [-0.25, -0.2) is 0 Å². The number of ether oxygens (including phenoxy) is 1. The van der Waals surface area contributed by atoms with Gasteiger partial charge in [-0.2, -0.15) is 0 Å². The molecule has 0 radical (unpaired) electrons. The monoisotopic (exact) mass is 263 g/mol. The van der Waals surface area contributed by atoms with Crippen LogP contribution in [0.4, 0.5) is 0 Å². The second-order valence-corrected chi connectivity index (χ2v) is 4.28. The lowest BCUT2D eigenvalue weighted by molar-refractivity contribution is -0.143. The molecule has 0 unspecified atom stereocenters. The number of esters is 1. The Morgan fingerprint density at radius 2 is 1.84 bits per heavy atom. The lowest BCUT2D eigenvalue weighted by Crippen LogP contribution is -2.26. The summed E-state index contributed by atoms with van der Waals surface area (Å²) in [5.41, 5.74) is 1.80. The Hall–Kier alpha value is -1.84. The van der Waals surface area contributed by atoms with Crippen molar-refractivity contribution in [2.24, 2.45) is 0 Å². The Morgan fingerprint density at radius 1 is 1.16 bits per heavy atom. The molecule has 1 N–H and O–H groups in total. The first-order chi connectivity index (χ1) is 9.17. The van der Waals surface area contributed by atoms with Crippen LogP contribution in [0, 0.1) is 0 Å². The van der Waals surface area contributed by atoms with Crippen molar-refractivity contribution in [3.8, 4) is 0 Å². The van der Waals surface area contributed by atoms with E-state index in [0.717, 1.165) is 12.8 Å². The van der Waals surface area contributed by atoms with Crippen LogP contribution in [0.5, 0.6) is 0 Å². The lowest BCUT2D eigenvalue weighted by atomic mass is 10.1. The maximum atomic E-state index is 11.8. The smallest absolute Gasteiger partial charge is 0.307 e. The van der Waals surface area contributed by atoms with Crippen molar-refractivity contribution in [3.05, 3.63) is 35.4 Å². The van der Waals surface area contributed by atoms with Gasteiger partial charge in [0, 0.05) is 12.1 Å². The minimum Gasteiger partial charge on any atom is -0.466 e. The summed E-state index contributed by atoms with van der Waals surface area (Å²) in [6.07, 6.45) is 1.96. The van der Waals surface area contributed by atoms with Gasteiger partial charge in [0.05, 0.1) is 13.0 Å². The van der Waals surface area contributed by atoms with Gasteiger partial charge in [0.1, 0.15) is 0 Å². The molecular weight excluding hydrogens is 242 g/mol. The van der Waals surface area contributed by atoms with Crippen LogP contribution in [-0.2, 0) is 16.0 Å². The van der Waals surface area contributed by atoms with Gasteiger partial charge in [-0.1, -0.05) is 26.0 Å². The molecule has 1 rings (SSSR count). The van der Waals surface area contributed by atoms with Crippen molar-refractivity contribution in [1.82, 2.24) is 5.32 Å². The van der Waals surface area contributed by atoms with E-state index in [-0.39, 0.29) is 18.3 Å². The van der Waals surface area contributed by atoms with E-state index in [2.05, 4.69) is 12.2 Å². The van der Waals surface area contributed by atoms with Gasteiger partial charge in [0.25, 0.3) is 5.91 Å².